The Balaban J connectivity index is 1.85. The highest BCUT2D eigenvalue weighted by Crippen LogP contribution is 2.36. The quantitative estimate of drug-likeness (QED) is 0.845. The molecule has 0 saturated carbocycles. The van der Waals surface area contributed by atoms with E-state index in [0.717, 1.165) is 30.9 Å². The Bertz CT molecular complexity index is 672. The van der Waals surface area contributed by atoms with Gasteiger partial charge in [0.1, 0.15) is 5.82 Å². The van der Waals surface area contributed by atoms with Gasteiger partial charge in [-0.15, -0.1) is 11.3 Å². The third-order valence-electron chi connectivity index (χ3n) is 3.95. The summed E-state index contributed by atoms with van der Waals surface area (Å²) in [5.74, 6) is 0.908. The number of amides is 1. The average Bonchev–Trinajstić information content (AvgIpc) is 3.03. The zero-order valence-corrected chi connectivity index (χ0v) is 14.3. The number of likely N-dealkylation sites (N-methyl/N-ethyl adjacent to an activating group) is 1. The second kappa shape index (κ2) is 7.10. The lowest BCUT2D eigenvalue weighted by molar-refractivity contribution is 0.0744. The van der Waals surface area contributed by atoms with Crippen LogP contribution in [-0.4, -0.2) is 49.6 Å². The molecule has 2 aromatic rings. The topological polar surface area (TPSA) is 45.7 Å². The fraction of sp³-hybridized carbons (Fsp3) is 0.412. The number of aryl methyl sites for hydroxylation is 1. The van der Waals surface area contributed by atoms with Gasteiger partial charge in [-0.05, 0) is 25.0 Å². The molecular weight excluding hydrogens is 310 g/mol. The molecule has 0 bridgehead atoms. The van der Waals surface area contributed by atoms with E-state index in [1.54, 1.807) is 19.1 Å². The first-order valence-corrected chi connectivity index (χ1v) is 8.59. The summed E-state index contributed by atoms with van der Waals surface area (Å²) < 4.78 is 5.04. The van der Waals surface area contributed by atoms with Crippen molar-refractivity contribution >= 4 is 28.7 Å². The Morgan fingerprint density at radius 1 is 1.39 bits per heavy atom. The van der Waals surface area contributed by atoms with Gasteiger partial charge in [0.05, 0.1) is 6.61 Å². The molecule has 0 saturated heterocycles. The maximum absolute atomic E-state index is 12.5. The summed E-state index contributed by atoms with van der Waals surface area (Å²) >= 11 is 1.52. The predicted octanol–water partition coefficient (Wildman–Crippen LogP) is 2.95. The molecule has 23 heavy (non-hydrogen) atoms. The maximum atomic E-state index is 12.5. The highest BCUT2D eigenvalue weighted by Gasteiger charge is 2.26. The van der Waals surface area contributed by atoms with Crippen LogP contribution in [0.5, 0.6) is 0 Å². The lowest BCUT2D eigenvalue weighted by Crippen LogP contribution is -2.30. The smallest absolute Gasteiger partial charge is 0.282 e. The second-order valence-electron chi connectivity index (χ2n) is 5.58. The molecule has 0 aliphatic carbocycles. The van der Waals surface area contributed by atoms with Gasteiger partial charge in [0.25, 0.3) is 5.91 Å². The number of ether oxygens (including phenoxy) is 1. The number of benzene rings is 1. The van der Waals surface area contributed by atoms with E-state index in [9.17, 15) is 4.79 Å². The lowest BCUT2D eigenvalue weighted by atomic mass is 10.1. The van der Waals surface area contributed by atoms with E-state index in [4.69, 9.17) is 4.74 Å². The Kier molecular flexibility index (Phi) is 4.93. The molecule has 0 radical (unpaired) electrons. The highest BCUT2D eigenvalue weighted by atomic mass is 32.1. The van der Waals surface area contributed by atoms with Gasteiger partial charge in [-0.3, -0.25) is 4.79 Å². The summed E-state index contributed by atoms with van der Waals surface area (Å²) in [4.78, 5) is 22.2. The molecule has 0 fully saturated rings. The Labute approximate surface area is 140 Å². The fourth-order valence-corrected chi connectivity index (χ4v) is 3.77. The number of hydrogen-bond donors (Lipinski definition) is 0. The van der Waals surface area contributed by atoms with Crippen LogP contribution in [0.15, 0.2) is 30.3 Å². The minimum Gasteiger partial charge on any atom is -0.383 e. The molecule has 1 amide bonds. The molecule has 2 heterocycles. The van der Waals surface area contributed by atoms with E-state index in [1.165, 1.54) is 16.2 Å². The van der Waals surface area contributed by atoms with Crippen LogP contribution in [0.25, 0.3) is 0 Å². The van der Waals surface area contributed by atoms with Crippen LogP contribution in [0.2, 0.25) is 0 Å². The number of hydrogen-bond acceptors (Lipinski definition) is 5. The van der Waals surface area contributed by atoms with Gasteiger partial charge in [0, 0.05) is 37.8 Å². The maximum Gasteiger partial charge on any atom is 0.282 e. The summed E-state index contributed by atoms with van der Waals surface area (Å²) in [6.45, 7) is 2.04. The molecule has 122 valence electrons. The van der Waals surface area contributed by atoms with Gasteiger partial charge in [0.2, 0.25) is 0 Å². The zero-order valence-electron chi connectivity index (χ0n) is 13.5. The molecule has 1 aromatic heterocycles. The molecule has 0 unspecified atom stereocenters. The van der Waals surface area contributed by atoms with Crippen molar-refractivity contribution in [2.45, 2.75) is 12.8 Å². The fourth-order valence-electron chi connectivity index (χ4n) is 2.66. The SMILES string of the molecule is COCCN(C)C(=O)c1nc2c(s1)CCCN2c1ccccc1. The standard InChI is InChI=1S/C17H21N3O2S/c1-19(11-12-22-2)17(21)16-18-15-14(23-16)9-6-10-20(15)13-7-4-3-5-8-13/h3-5,7-8H,6,9-12H2,1-2H3. The van der Waals surface area contributed by atoms with Crippen molar-refractivity contribution in [3.63, 3.8) is 0 Å². The van der Waals surface area contributed by atoms with Crippen LogP contribution in [-0.2, 0) is 11.2 Å². The first-order valence-electron chi connectivity index (χ1n) is 7.77. The van der Waals surface area contributed by atoms with Crippen molar-refractivity contribution < 1.29 is 9.53 Å². The average molecular weight is 331 g/mol. The predicted molar refractivity (Wildman–Crippen MR) is 92.7 cm³/mol. The number of carbonyl (C=O) groups is 1. The summed E-state index contributed by atoms with van der Waals surface area (Å²) in [6.07, 6.45) is 2.07. The molecule has 0 atom stereocenters. The van der Waals surface area contributed by atoms with Gasteiger partial charge in [-0.25, -0.2) is 4.98 Å². The number of anilines is 2. The molecule has 6 heteroatoms. The van der Waals surface area contributed by atoms with Gasteiger partial charge < -0.3 is 14.5 Å². The van der Waals surface area contributed by atoms with Gasteiger partial charge >= 0.3 is 0 Å². The van der Waals surface area contributed by atoms with E-state index in [2.05, 4.69) is 22.0 Å². The normalized spacial score (nSPS) is 13.7. The highest BCUT2D eigenvalue weighted by molar-refractivity contribution is 7.14. The number of carbonyl (C=O) groups excluding carboxylic acids is 1. The second-order valence-corrected chi connectivity index (χ2v) is 6.66. The van der Waals surface area contributed by atoms with Crippen molar-refractivity contribution in [3.05, 3.63) is 40.2 Å². The Hall–Kier alpha value is -1.92. The zero-order chi connectivity index (χ0) is 16.2. The third-order valence-corrected chi connectivity index (χ3v) is 5.04. The largest absolute Gasteiger partial charge is 0.383 e. The summed E-state index contributed by atoms with van der Waals surface area (Å²) in [5.41, 5.74) is 1.13. The summed E-state index contributed by atoms with van der Waals surface area (Å²) in [7, 11) is 3.43. The van der Waals surface area contributed by atoms with Crippen LogP contribution in [0.1, 0.15) is 21.1 Å². The van der Waals surface area contributed by atoms with Gasteiger partial charge in [-0.1, -0.05) is 18.2 Å². The monoisotopic (exact) mass is 331 g/mol. The number of methoxy groups -OCH3 is 1. The lowest BCUT2D eigenvalue weighted by Gasteiger charge is -2.27. The number of rotatable bonds is 5. The molecule has 1 aromatic carbocycles. The van der Waals surface area contributed by atoms with E-state index < -0.39 is 0 Å². The first-order chi connectivity index (χ1) is 11.2. The number of aromatic nitrogens is 1. The van der Waals surface area contributed by atoms with Crippen molar-refractivity contribution in [3.8, 4) is 0 Å². The molecule has 3 rings (SSSR count). The van der Waals surface area contributed by atoms with E-state index in [-0.39, 0.29) is 5.91 Å². The van der Waals surface area contributed by atoms with Crippen LogP contribution < -0.4 is 4.90 Å². The van der Waals surface area contributed by atoms with E-state index >= 15 is 0 Å². The number of nitrogens with zero attached hydrogens (tertiary/aromatic N) is 3. The molecule has 0 N–H and O–H groups in total. The minimum absolute atomic E-state index is 0.0329. The number of fused-ring (bicyclic) bond motifs is 1. The van der Waals surface area contributed by atoms with Crippen molar-refractivity contribution in [1.29, 1.82) is 0 Å². The summed E-state index contributed by atoms with van der Waals surface area (Å²) in [5, 5.41) is 0.566. The van der Waals surface area contributed by atoms with Crippen LogP contribution in [0.4, 0.5) is 11.5 Å². The molecule has 1 aliphatic rings. The number of para-hydroxylation sites is 1. The first kappa shape index (κ1) is 16.0. The van der Waals surface area contributed by atoms with Crippen molar-refractivity contribution in [2.24, 2.45) is 0 Å². The van der Waals surface area contributed by atoms with Gasteiger partial charge in [-0.2, -0.15) is 0 Å². The van der Waals surface area contributed by atoms with Crippen LogP contribution >= 0.6 is 11.3 Å². The number of thiazole rings is 1. The molecule has 5 nitrogen and oxygen atoms in total. The van der Waals surface area contributed by atoms with Crippen molar-refractivity contribution in [2.75, 3.05) is 38.8 Å². The minimum atomic E-state index is -0.0329. The molecule has 0 spiro atoms. The van der Waals surface area contributed by atoms with E-state index in [1.807, 2.05) is 18.2 Å². The molecular formula is C17H21N3O2S. The Morgan fingerprint density at radius 3 is 2.91 bits per heavy atom. The van der Waals surface area contributed by atoms with Crippen molar-refractivity contribution in [1.82, 2.24) is 9.88 Å². The third kappa shape index (κ3) is 3.38. The van der Waals surface area contributed by atoms with Crippen LogP contribution in [0.3, 0.4) is 0 Å². The van der Waals surface area contributed by atoms with E-state index in [0.29, 0.717) is 18.2 Å². The van der Waals surface area contributed by atoms with Gasteiger partial charge in [0.15, 0.2) is 5.01 Å². The summed E-state index contributed by atoms with van der Waals surface area (Å²) in [6, 6.07) is 10.2. The van der Waals surface area contributed by atoms with Crippen LogP contribution in [0, 0.1) is 0 Å². The molecule has 1 aliphatic heterocycles. The Morgan fingerprint density at radius 2 is 2.17 bits per heavy atom.